The van der Waals surface area contributed by atoms with Crippen molar-refractivity contribution in [1.82, 2.24) is 9.55 Å². The molecule has 10 nitrogen and oxygen atoms in total. The lowest BCUT2D eigenvalue weighted by Gasteiger charge is -2.20. The predicted octanol–water partition coefficient (Wildman–Crippen LogP) is 11.6. The predicted molar refractivity (Wildman–Crippen MR) is 255 cm³/mol. The van der Waals surface area contributed by atoms with E-state index in [2.05, 4.69) is 82.9 Å². The summed E-state index contributed by atoms with van der Waals surface area (Å²) < 4.78 is 44.8. The quantitative estimate of drug-likeness (QED) is 0.160. The van der Waals surface area contributed by atoms with Gasteiger partial charge < -0.3 is 28.7 Å². The van der Waals surface area contributed by atoms with Gasteiger partial charge in [-0.1, -0.05) is 65.8 Å². The minimum atomic E-state index is -0.419. The fourth-order valence-electron chi connectivity index (χ4n) is 9.18. The van der Waals surface area contributed by atoms with E-state index in [9.17, 15) is 18.8 Å². The van der Waals surface area contributed by atoms with E-state index in [-0.39, 0.29) is 53.9 Å². The van der Waals surface area contributed by atoms with Crippen molar-refractivity contribution < 1.29 is 43.8 Å². The molecule has 0 radical (unpaired) electrons. The summed E-state index contributed by atoms with van der Waals surface area (Å²) >= 11 is 0. The molecule has 5 heterocycles. The molecular weight excluding hydrogens is 836 g/mol. The Hall–Kier alpha value is -5.94. The number of Topliss-reactive ketones (excluding diaryl/α,β-unsaturated/α-hetero) is 2. The van der Waals surface area contributed by atoms with Gasteiger partial charge in [0.05, 0.1) is 24.9 Å². The van der Waals surface area contributed by atoms with Gasteiger partial charge in [-0.15, -0.1) is 0 Å². The van der Waals surface area contributed by atoms with E-state index in [0.717, 1.165) is 112 Å². The van der Waals surface area contributed by atoms with Gasteiger partial charge in [-0.3, -0.25) is 23.3 Å². The number of carbonyl (C=O) groups excluding carboxylic acids is 3. The number of ether oxygens (including phenoxy) is 5. The highest BCUT2D eigenvalue weighted by molar-refractivity contribution is 5.97. The molecule has 6 aromatic rings. The lowest BCUT2D eigenvalue weighted by Crippen LogP contribution is -2.22. The zero-order chi connectivity index (χ0) is 47.9. The summed E-state index contributed by atoms with van der Waals surface area (Å²) in [5.74, 6) is 3.49. The van der Waals surface area contributed by atoms with Crippen LogP contribution in [-0.2, 0) is 48.8 Å². The molecule has 4 aromatic carbocycles. The first kappa shape index (κ1) is 45.2. The third kappa shape index (κ3) is 9.50. The van der Waals surface area contributed by atoms with Gasteiger partial charge in [0.1, 0.15) is 11.6 Å². The maximum Gasteiger partial charge on any atom is 0.231 e. The van der Waals surface area contributed by atoms with Crippen LogP contribution in [0, 0.1) is 0 Å². The van der Waals surface area contributed by atoms with Crippen LogP contribution < -0.4 is 18.9 Å². The van der Waals surface area contributed by atoms with Crippen molar-refractivity contribution in [3.8, 4) is 23.0 Å². The number of aromatic amines is 1. The second-order valence-corrected chi connectivity index (χ2v) is 20.1. The third-order valence-electron chi connectivity index (χ3n) is 13.3. The molecule has 11 rings (SSSR count). The average Bonchev–Trinajstić information content (AvgIpc) is 3.80. The van der Waals surface area contributed by atoms with Crippen LogP contribution in [0.3, 0.4) is 0 Å². The molecule has 5 aliphatic rings. The molecule has 3 aliphatic heterocycles. The largest absolute Gasteiger partial charge is 0.454 e. The Bertz CT molecular complexity index is 2810. The molecule has 2 aromatic heterocycles. The number of aromatic nitrogens is 2. The number of benzene rings is 4. The van der Waals surface area contributed by atoms with E-state index < -0.39 is 5.41 Å². The Morgan fingerprint density at radius 2 is 1.18 bits per heavy atom. The Morgan fingerprint density at radius 1 is 0.652 bits per heavy atom. The maximum absolute atomic E-state index is 13.3. The van der Waals surface area contributed by atoms with Crippen LogP contribution >= 0.6 is 0 Å². The number of rotatable bonds is 8. The van der Waals surface area contributed by atoms with Crippen molar-refractivity contribution in [1.29, 1.82) is 0 Å². The first-order valence-corrected chi connectivity index (χ1v) is 23.0. The lowest BCUT2D eigenvalue weighted by molar-refractivity contribution is -0.121. The summed E-state index contributed by atoms with van der Waals surface area (Å²) in [6.45, 7) is 15.6. The Kier molecular flexibility index (Phi) is 12.6. The maximum atomic E-state index is 13.3. The molecule has 0 amide bonds. The van der Waals surface area contributed by atoms with E-state index in [1.54, 1.807) is 11.5 Å². The van der Waals surface area contributed by atoms with Gasteiger partial charge in [0.15, 0.2) is 23.0 Å². The Balaban J connectivity index is 0.000000157. The summed E-state index contributed by atoms with van der Waals surface area (Å²) in [6, 6.07) is 28.4. The number of halogens is 1. The van der Waals surface area contributed by atoms with Crippen LogP contribution in [0.25, 0.3) is 21.8 Å². The number of hydrogen-bond donors (Lipinski definition) is 1. The molecule has 348 valence electrons. The molecule has 66 heavy (non-hydrogen) atoms. The number of fused-ring (bicyclic) bond motifs is 4. The van der Waals surface area contributed by atoms with E-state index in [4.69, 9.17) is 25.1 Å². The second-order valence-electron chi connectivity index (χ2n) is 20.1. The van der Waals surface area contributed by atoms with Crippen molar-refractivity contribution >= 4 is 39.3 Å². The molecule has 2 aliphatic carbocycles. The van der Waals surface area contributed by atoms with Crippen LogP contribution in [-0.4, -0.2) is 61.0 Å². The van der Waals surface area contributed by atoms with E-state index in [0.29, 0.717) is 20.0 Å². The van der Waals surface area contributed by atoms with Crippen molar-refractivity contribution in [2.75, 3.05) is 34.0 Å². The van der Waals surface area contributed by atoms with Gasteiger partial charge in [0.25, 0.3) is 0 Å². The molecule has 3 fully saturated rings. The molecule has 11 heteroatoms. The summed E-state index contributed by atoms with van der Waals surface area (Å²) in [4.78, 5) is 42.4. The first-order valence-electron chi connectivity index (χ1n) is 23.6. The summed E-state index contributed by atoms with van der Waals surface area (Å²) in [5, 5.41) is 2.17. The minimum Gasteiger partial charge on any atom is -0.454 e. The van der Waals surface area contributed by atoms with E-state index in [1.807, 2.05) is 48.5 Å². The molecule has 1 N–H and O–H groups in total. The molecule has 1 unspecified atom stereocenters. The number of nitrogens with zero attached hydrogens (tertiary/aromatic N) is 1. The van der Waals surface area contributed by atoms with Crippen molar-refractivity contribution in [2.24, 2.45) is 0 Å². The summed E-state index contributed by atoms with van der Waals surface area (Å²) in [6.07, 6.45) is 6.39. The molecule has 0 spiro atoms. The number of H-pyrrole nitrogens is 1. The molecule has 1 saturated heterocycles. The van der Waals surface area contributed by atoms with Gasteiger partial charge >= 0.3 is 0 Å². The second kappa shape index (κ2) is 18.4. The van der Waals surface area contributed by atoms with Gasteiger partial charge in [-0.2, -0.15) is 0 Å². The van der Waals surface area contributed by atoms with Crippen molar-refractivity contribution in [3.63, 3.8) is 0 Å². The first-order chi connectivity index (χ1) is 31.9. The highest BCUT2D eigenvalue weighted by Gasteiger charge is 2.52. The van der Waals surface area contributed by atoms with Gasteiger partial charge in [0.2, 0.25) is 19.5 Å². The van der Waals surface area contributed by atoms with E-state index >= 15 is 0 Å². The molecule has 0 bridgehead atoms. The number of hydrogen-bond acceptors (Lipinski definition) is 8. The van der Waals surface area contributed by atoms with Gasteiger partial charge in [-0.25, -0.2) is 0 Å². The zero-order valence-corrected chi connectivity index (χ0v) is 39.5. The fraction of sp³-hybridized carbons (Fsp3) is 0.436. The average molecular weight is 900 g/mol. The molecule has 1 atom stereocenters. The lowest BCUT2D eigenvalue weighted by atomic mass is 9.87. The monoisotopic (exact) mass is 899 g/mol. The third-order valence-corrected chi connectivity index (χ3v) is 13.3. The van der Waals surface area contributed by atoms with Crippen LogP contribution in [0.4, 0.5) is 4.39 Å². The zero-order valence-electron chi connectivity index (χ0n) is 40.5. The Morgan fingerprint density at radius 3 is 1.64 bits per heavy atom. The highest BCUT2D eigenvalue weighted by Crippen LogP contribution is 2.53. The normalized spacial score (nSPS) is 18.3. The van der Waals surface area contributed by atoms with Crippen molar-refractivity contribution in [2.45, 2.75) is 121 Å². The van der Waals surface area contributed by atoms with Crippen LogP contribution in [0.2, 0.25) is 0 Å². The number of carbonyl (C=O) groups is 3. The smallest absolute Gasteiger partial charge is 0.231 e. The van der Waals surface area contributed by atoms with Crippen LogP contribution in [0.1, 0.15) is 127 Å². The van der Waals surface area contributed by atoms with Gasteiger partial charge in [-0.05, 0) is 127 Å². The highest BCUT2D eigenvalue weighted by atomic mass is 19.1. The summed E-state index contributed by atoms with van der Waals surface area (Å²) in [7, 11) is 0.500. The van der Waals surface area contributed by atoms with Crippen molar-refractivity contribution in [3.05, 3.63) is 119 Å². The van der Waals surface area contributed by atoms with Crippen LogP contribution in [0.5, 0.6) is 23.0 Å². The topological polar surface area (TPSA) is 118 Å². The van der Waals surface area contributed by atoms with E-state index in [1.165, 1.54) is 11.1 Å². The fourth-order valence-corrected chi connectivity index (χ4v) is 9.18. The number of ketones is 2. The standard InChI is InChI=1S/C26H27NO4.C24H25NO3.C4H8O.CH3F/c1-16(28)27-20-7-5-17(11-18(20)13-23(27)25(2,3)4)12-24(29)26(9-10-26)19-6-8-21-22(14-19)31-15-30-21;1-23(2,3)21-12-16-10-15(4-6-18(16)25-21)11-22(26)24(8-9-24)17-5-7-19-20(13-17)28-14-27-19;1-2-4-5-3-1;1-2/h5-8,11,13-14H,9-10,12,15H2,1-4H3;4-7,10,12-13,25H,8-9,11,14H2,1-3H3;1-4H2;1H3/i;;3D;. The number of nitrogens with one attached hydrogen (secondary N) is 1. The minimum absolute atomic E-state index is 0.00323. The Labute approximate surface area is 388 Å². The van der Waals surface area contributed by atoms with Crippen LogP contribution in [0.15, 0.2) is 84.9 Å². The van der Waals surface area contributed by atoms with Gasteiger partial charge in [0, 0.05) is 66.1 Å². The molecule has 2 saturated carbocycles. The summed E-state index contributed by atoms with van der Waals surface area (Å²) in [5.41, 5.74) is 7.48. The number of alkyl halides is 1. The molecular formula is C55H63FN2O8. The SMILES string of the molecule is CC(=O)n1c(C(C)(C)C)cc2cc(CC(=O)C3(c4ccc5c(c4)OCO5)CC3)ccc21.CC(C)(C)c1cc2cc(CC(=O)C3(c4ccc5c(c4)OCO5)CC3)ccc2[nH]1.CF.[2H]C1CCCO1.